The highest BCUT2D eigenvalue weighted by molar-refractivity contribution is 6.00. The molecule has 1 aliphatic rings. The molecule has 0 radical (unpaired) electrons. The molecule has 6 rings (SSSR count). The minimum absolute atomic E-state index is 0.174. The molecule has 0 bridgehead atoms. The number of fused-ring (bicyclic) bond motifs is 2. The van der Waals surface area contributed by atoms with E-state index in [0.29, 0.717) is 36.2 Å². The minimum Gasteiger partial charge on any atom is -0.332 e. The van der Waals surface area contributed by atoms with Crippen molar-refractivity contribution >= 4 is 45.1 Å². The van der Waals surface area contributed by atoms with E-state index in [9.17, 15) is 14.4 Å². The molecule has 1 aliphatic heterocycles. The van der Waals surface area contributed by atoms with Gasteiger partial charge in [-0.25, -0.2) is 4.98 Å². The van der Waals surface area contributed by atoms with Gasteiger partial charge in [0, 0.05) is 32.7 Å². The zero-order valence-electron chi connectivity index (χ0n) is 23.7. The summed E-state index contributed by atoms with van der Waals surface area (Å²) in [6, 6.07) is 29.6. The van der Waals surface area contributed by atoms with Gasteiger partial charge in [-0.05, 0) is 53.4 Å². The maximum Gasteiger partial charge on any atom is 0.260 e. The first-order valence-corrected chi connectivity index (χ1v) is 14.2. The van der Waals surface area contributed by atoms with E-state index in [-0.39, 0.29) is 17.4 Å². The number of H-pyrrole nitrogens is 1. The quantitative estimate of drug-likeness (QED) is 0.310. The Labute approximate surface area is 244 Å². The van der Waals surface area contributed by atoms with Crippen LogP contribution in [0.4, 0.5) is 11.6 Å². The van der Waals surface area contributed by atoms with Gasteiger partial charge in [0.2, 0.25) is 17.8 Å². The average Bonchev–Trinajstić information content (AvgIpc) is 3.53. The van der Waals surface area contributed by atoms with E-state index in [1.54, 1.807) is 42.1 Å². The van der Waals surface area contributed by atoms with E-state index in [4.69, 9.17) is 0 Å². The number of carbonyl (C=O) groups excluding carboxylic acids is 2. The van der Waals surface area contributed by atoms with E-state index < -0.39 is 12.1 Å². The molecule has 0 saturated carbocycles. The third-order valence-electron chi connectivity index (χ3n) is 8.23. The molecule has 4 aromatic carbocycles. The van der Waals surface area contributed by atoms with Crippen LogP contribution >= 0.6 is 0 Å². The smallest absolute Gasteiger partial charge is 0.260 e. The lowest BCUT2D eigenvalue weighted by molar-refractivity contribution is -0.138. The van der Waals surface area contributed by atoms with Crippen LogP contribution in [-0.4, -0.2) is 59.4 Å². The molecule has 0 spiro atoms. The maximum atomic E-state index is 14.2. The number of para-hydroxylation sites is 2. The standard InChI is InChI=1S/C34H33N5O3/c1-37(26-13-4-3-5-14-26)33(42)30(22-23-18-19-24-11-6-7-12-25(24)21-23)38(2)32(41)29-17-10-20-39(29)34-35-28-16-9-8-15-27(28)31(40)36-34/h3-9,11-16,18-19,21,29-30H,10,17,20,22H2,1-2H3,(H,35,36,40)/t29?,30-/m0/s1. The van der Waals surface area contributed by atoms with Crippen LogP contribution in [0.25, 0.3) is 21.7 Å². The van der Waals surface area contributed by atoms with E-state index in [0.717, 1.165) is 28.4 Å². The van der Waals surface area contributed by atoms with Crippen molar-refractivity contribution in [2.24, 2.45) is 0 Å². The van der Waals surface area contributed by atoms with E-state index >= 15 is 0 Å². The lowest BCUT2D eigenvalue weighted by Crippen LogP contribution is -2.54. The molecule has 5 aromatic rings. The third kappa shape index (κ3) is 5.23. The number of hydrogen-bond donors (Lipinski definition) is 1. The zero-order valence-corrected chi connectivity index (χ0v) is 23.7. The largest absolute Gasteiger partial charge is 0.332 e. The number of hydrogen-bond acceptors (Lipinski definition) is 5. The Morgan fingerprint density at radius 1 is 0.929 bits per heavy atom. The summed E-state index contributed by atoms with van der Waals surface area (Å²) in [5, 5.41) is 2.71. The Morgan fingerprint density at radius 2 is 1.64 bits per heavy atom. The monoisotopic (exact) mass is 559 g/mol. The summed E-state index contributed by atoms with van der Waals surface area (Å²) in [4.78, 5) is 53.7. The van der Waals surface area contributed by atoms with Crippen LogP contribution in [-0.2, 0) is 16.0 Å². The van der Waals surface area contributed by atoms with Crippen molar-refractivity contribution < 1.29 is 9.59 Å². The third-order valence-corrected chi connectivity index (χ3v) is 8.23. The molecule has 42 heavy (non-hydrogen) atoms. The van der Waals surface area contributed by atoms with Gasteiger partial charge in [0.05, 0.1) is 10.9 Å². The van der Waals surface area contributed by atoms with Gasteiger partial charge in [0.25, 0.3) is 5.56 Å². The molecule has 2 atom stereocenters. The van der Waals surface area contributed by atoms with Gasteiger partial charge in [-0.2, -0.15) is 0 Å². The first-order chi connectivity index (χ1) is 20.4. The van der Waals surface area contributed by atoms with Gasteiger partial charge in [-0.15, -0.1) is 0 Å². The molecule has 1 saturated heterocycles. The molecule has 2 amide bonds. The minimum atomic E-state index is -0.741. The van der Waals surface area contributed by atoms with Crippen LogP contribution in [0.3, 0.4) is 0 Å². The molecule has 8 nitrogen and oxygen atoms in total. The van der Waals surface area contributed by atoms with E-state index in [1.807, 2.05) is 65.6 Å². The van der Waals surface area contributed by atoms with Crippen molar-refractivity contribution in [3.05, 3.63) is 113 Å². The molecule has 1 unspecified atom stereocenters. The molecular weight excluding hydrogens is 526 g/mol. The van der Waals surface area contributed by atoms with Crippen molar-refractivity contribution in [3.63, 3.8) is 0 Å². The summed E-state index contributed by atoms with van der Waals surface area (Å²) in [6.45, 7) is 0.582. The highest BCUT2D eigenvalue weighted by atomic mass is 16.2. The molecule has 1 aromatic heterocycles. The van der Waals surface area contributed by atoms with Gasteiger partial charge >= 0.3 is 0 Å². The highest BCUT2D eigenvalue weighted by Crippen LogP contribution is 2.27. The van der Waals surface area contributed by atoms with Gasteiger partial charge < -0.3 is 14.7 Å². The fourth-order valence-corrected chi connectivity index (χ4v) is 5.86. The molecule has 1 N–H and O–H groups in total. The number of anilines is 2. The molecule has 8 heteroatoms. The number of carbonyl (C=O) groups is 2. The summed E-state index contributed by atoms with van der Waals surface area (Å²) in [6.07, 6.45) is 1.74. The number of nitrogens with one attached hydrogen (secondary N) is 1. The molecule has 0 aliphatic carbocycles. The maximum absolute atomic E-state index is 14.2. The van der Waals surface area contributed by atoms with Crippen LogP contribution in [0.5, 0.6) is 0 Å². The number of likely N-dealkylation sites (N-methyl/N-ethyl adjacent to an activating group) is 2. The van der Waals surface area contributed by atoms with E-state index in [2.05, 4.69) is 28.2 Å². The lowest BCUT2D eigenvalue weighted by Gasteiger charge is -2.34. The van der Waals surface area contributed by atoms with Gasteiger partial charge in [0.1, 0.15) is 12.1 Å². The topological polar surface area (TPSA) is 89.6 Å². The van der Waals surface area contributed by atoms with Crippen LogP contribution in [0, 0.1) is 0 Å². The second-order valence-corrected chi connectivity index (χ2v) is 10.8. The number of amides is 2. The number of rotatable bonds is 7. The highest BCUT2D eigenvalue weighted by Gasteiger charge is 2.39. The fourth-order valence-electron chi connectivity index (χ4n) is 5.86. The summed E-state index contributed by atoms with van der Waals surface area (Å²) in [5.41, 5.74) is 2.07. The Morgan fingerprint density at radius 3 is 2.45 bits per heavy atom. The Hall–Kier alpha value is -4.98. The van der Waals surface area contributed by atoms with Crippen molar-refractivity contribution in [2.75, 3.05) is 30.4 Å². The van der Waals surface area contributed by atoms with Gasteiger partial charge in [0.15, 0.2) is 0 Å². The lowest BCUT2D eigenvalue weighted by atomic mass is 9.99. The van der Waals surface area contributed by atoms with Crippen molar-refractivity contribution in [1.82, 2.24) is 14.9 Å². The SMILES string of the molecule is CN(C(=O)[C@H](Cc1ccc2ccccc2c1)N(C)C(=O)C1CCCN1c1nc2ccccc2c(=O)[nH]1)c1ccccc1. The molecule has 212 valence electrons. The Balaban J connectivity index is 1.32. The van der Waals surface area contributed by atoms with Crippen molar-refractivity contribution in [3.8, 4) is 0 Å². The van der Waals surface area contributed by atoms with E-state index in [1.165, 1.54) is 0 Å². The normalized spacial score (nSPS) is 15.6. The van der Waals surface area contributed by atoms with Crippen LogP contribution < -0.4 is 15.4 Å². The van der Waals surface area contributed by atoms with Gasteiger partial charge in [-0.3, -0.25) is 19.4 Å². The number of benzene rings is 4. The fraction of sp³-hybridized carbons (Fsp3) is 0.235. The van der Waals surface area contributed by atoms with Crippen LogP contribution in [0.2, 0.25) is 0 Å². The zero-order chi connectivity index (χ0) is 29.2. The second-order valence-electron chi connectivity index (χ2n) is 10.8. The van der Waals surface area contributed by atoms with Crippen LogP contribution in [0.15, 0.2) is 102 Å². The summed E-state index contributed by atoms with van der Waals surface area (Å²) in [5.74, 6) is 0.0256. The average molecular weight is 560 g/mol. The predicted octanol–water partition coefficient (Wildman–Crippen LogP) is 4.78. The molecule has 1 fully saturated rings. The summed E-state index contributed by atoms with van der Waals surface area (Å²) < 4.78 is 0. The van der Waals surface area contributed by atoms with Crippen LogP contribution in [0.1, 0.15) is 18.4 Å². The van der Waals surface area contributed by atoms with Gasteiger partial charge in [-0.1, -0.05) is 72.8 Å². The summed E-state index contributed by atoms with van der Waals surface area (Å²) >= 11 is 0. The first-order valence-electron chi connectivity index (χ1n) is 14.2. The Kier molecular flexibility index (Phi) is 7.44. The molecule has 2 heterocycles. The van der Waals surface area contributed by atoms with Crippen molar-refractivity contribution in [2.45, 2.75) is 31.3 Å². The second kappa shape index (κ2) is 11.5. The summed E-state index contributed by atoms with van der Waals surface area (Å²) in [7, 11) is 3.45. The predicted molar refractivity (Wildman–Crippen MR) is 167 cm³/mol. The number of aromatic nitrogens is 2. The number of nitrogens with zero attached hydrogens (tertiary/aromatic N) is 4. The first kappa shape index (κ1) is 27.2. The Bertz CT molecular complexity index is 1820. The molecular formula is C34H33N5O3. The van der Waals surface area contributed by atoms with Crippen molar-refractivity contribution in [1.29, 1.82) is 0 Å². The number of aromatic amines is 1.